The van der Waals surface area contributed by atoms with Gasteiger partial charge in [0, 0.05) is 54.5 Å². The van der Waals surface area contributed by atoms with Crippen molar-refractivity contribution in [2.75, 3.05) is 40.0 Å². The predicted molar refractivity (Wildman–Crippen MR) is 110 cm³/mol. The molecule has 0 saturated heterocycles. The van der Waals surface area contributed by atoms with Crippen LogP contribution in [0.1, 0.15) is 11.1 Å². The number of hydrogen-bond acceptors (Lipinski definition) is 0. The van der Waals surface area contributed by atoms with Gasteiger partial charge in [0.2, 0.25) is 0 Å². The highest BCUT2D eigenvalue weighted by atomic mass is 31.2. The van der Waals surface area contributed by atoms with Crippen molar-refractivity contribution in [3.05, 3.63) is 71.8 Å². The van der Waals surface area contributed by atoms with Crippen LogP contribution in [-0.4, -0.2) is 40.0 Å². The molecule has 0 spiro atoms. The lowest BCUT2D eigenvalue weighted by Crippen LogP contribution is -3.00. The monoisotopic (exact) mass is 372 g/mol. The summed E-state index contributed by atoms with van der Waals surface area (Å²) in [5.74, 6) is 0. The first-order chi connectivity index (χ1) is 10.2. The Bertz CT molecular complexity index is 478. The molecule has 0 atom stereocenters. The fourth-order valence-electron chi connectivity index (χ4n) is 2.26. The van der Waals surface area contributed by atoms with Gasteiger partial charge in [-0.2, -0.15) is 0 Å². The van der Waals surface area contributed by atoms with Gasteiger partial charge in [0.1, 0.15) is 0 Å². The van der Waals surface area contributed by atoms with Crippen molar-refractivity contribution in [3.8, 4) is 0 Å². The van der Waals surface area contributed by atoms with Crippen molar-refractivity contribution in [1.82, 2.24) is 0 Å². The Balaban J connectivity index is 0. The number of halogens is 2. The number of hydrogen-bond donors (Lipinski definition) is 0. The van der Waals surface area contributed by atoms with Crippen LogP contribution in [0.15, 0.2) is 60.7 Å². The number of benzene rings is 2. The zero-order valence-corrected chi connectivity index (χ0v) is 17.6. The molecular formula is C20H32F2P2. The van der Waals surface area contributed by atoms with Gasteiger partial charge in [-0.25, -0.2) is 0 Å². The first-order valence-electron chi connectivity index (χ1n) is 7.84. The summed E-state index contributed by atoms with van der Waals surface area (Å²) in [7, 11) is -1.28. The molecule has 0 radical (unpaired) electrons. The zero-order chi connectivity index (χ0) is 16.6. The van der Waals surface area contributed by atoms with Gasteiger partial charge < -0.3 is 9.41 Å². The molecule has 0 N–H and O–H groups in total. The SMILES string of the molecule is C[P+](C)(C)Cc1ccccc1.C[P+](C)(C)Cc1ccccc1.[F-].[F-]. The topological polar surface area (TPSA) is 0 Å². The molecule has 136 valence electrons. The van der Waals surface area contributed by atoms with Gasteiger partial charge in [-0.05, 0) is 11.1 Å². The van der Waals surface area contributed by atoms with E-state index in [2.05, 4.69) is 101 Å². The molecule has 2 aromatic carbocycles. The third-order valence-electron chi connectivity index (χ3n) is 3.00. The third-order valence-corrected chi connectivity index (χ3v) is 5.63. The van der Waals surface area contributed by atoms with Crippen molar-refractivity contribution >= 4 is 14.5 Å². The molecule has 0 unspecified atom stereocenters. The molecule has 0 heterocycles. The minimum Gasteiger partial charge on any atom is -1.00 e. The average molecular weight is 372 g/mol. The first-order valence-corrected chi connectivity index (χ1v) is 14.5. The van der Waals surface area contributed by atoms with E-state index in [-0.39, 0.29) is 9.41 Å². The van der Waals surface area contributed by atoms with Crippen LogP contribution in [0.3, 0.4) is 0 Å². The summed E-state index contributed by atoms with van der Waals surface area (Å²) < 4.78 is 0. The van der Waals surface area contributed by atoms with E-state index >= 15 is 0 Å². The highest BCUT2D eigenvalue weighted by Gasteiger charge is 2.17. The van der Waals surface area contributed by atoms with Gasteiger partial charge in [-0.1, -0.05) is 60.7 Å². The van der Waals surface area contributed by atoms with Gasteiger partial charge in [0.25, 0.3) is 0 Å². The van der Waals surface area contributed by atoms with Crippen LogP contribution in [0.2, 0.25) is 0 Å². The van der Waals surface area contributed by atoms with Crippen LogP contribution in [0, 0.1) is 0 Å². The van der Waals surface area contributed by atoms with Crippen molar-refractivity contribution < 1.29 is 9.41 Å². The van der Waals surface area contributed by atoms with Crippen LogP contribution >= 0.6 is 14.5 Å². The molecule has 0 aliphatic heterocycles. The Morgan fingerprint density at radius 3 is 0.958 bits per heavy atom. The molecule has 0 aliphatic rings. The van der Waals surface area contributed by atoms with Gasteiger partial charge in [0.05, 0.1) is 12.3 Å². The normalized spacial score (nSPS) is 10.6. The molecule has 0 amide bonds. The largest absolute Gasteiger partial charge is 1.00 e. The van der Waals surface area contributed by atoms with E-state index in [9.17, 15) is 0 Å². The molecule has 0 saturated carbocycles. The Kier molecular flexibility index (Phi) is 12.3. The Labute approximate surface area is 148 Å². The smallest absolute Gasteiger partial charge is 0.0834 e. The summed E-state index contributed by atoms with van der Waals surface area (Å²) in [6.07, 6.45) is 2.54. The van der Waals surface area contributed by atoms with E-state index in [4.69, 9.17) is 0 Å². The van der Waals surface area contributed by atoms with Crippen LogP contribution < -0.4 is 9.41 Å². The second-order valence-electron chi connectivity index (χ2n) is 7.87. The average Bonchev–Trinajstić information content (AvgIpc) is 2.38. The number of rotatable bonds is 4. The molecule has 24 heavy (non-hydrogen) atoms. The van der Waals surface area contributed by atoms with E-state index in [0.29, 0.717) is 0 Å². The Hall–Kier alpha value is -0.840. The maximum absolute atomic E-state index is 2.38. The van der Waals surface area contributed by atoms with Gasteiger partial charge in [-0.15, -0.1) is 0 Å². The minimum absolute atomic E-state index is 0. The summed E-state index contributed by atoms with van der Waals surface area (Å²) in [6, 6.07) is 21.5. The van der Waals surface area contributed by atoms with E-state index in [1.165, 1.54) is 23.5 Å². The maximum atomic E-state index is 2.38. The van der Waals surface area contributed by atoms with Crippen LogP contribution in [0.4, 0.5) is 0 Å². The van der Waals surface area contributed by atoms with E-state index in [1.54, 1.807) is 0 Å². The second kappa shape index (κ2) is 11.7. The maximum Gasteiger partial charge on any atom is 0.0834 e. The fraction of sp³-hybridized carbons (Fsp3) is 0.400. The van der Waals surface area contributed by atoms with Crippen LogP contribution in [0.5, 0.6) is 0 Å². The highest BCUT2D eigenvalue weighted by Crippen LogP contribution is 2.50. The summed E-state index contributed by atoms with van der Waals surface area (Å²) >= 11 is 0. The van der Waals surface area contributed by atoms with Crippen molar-refractivity contribution in [3.63, 3.8) is 0 Å². The van der Waals surface area contributed by atoms with Gasteiger partial charge in [-0.3, -0.25) is 0 Å². The molecule has 4 heteroatoms. The summed E-state index contributed by atoms with van der Waals surface area (Å²) in [5, 5.41) is 0. The molecule has 2 aromatic rings. The molecular weight excluding hydrogens is 340 g/mol. The Morgan fingerprint density at radius 2 is 0.750 bits per heavy atom. The minimum atomic E-state index is -0.638. The molecule has 0 fully saturated rings. The molecule has 0 aliphatic carbocycles. The standard InChI is InChI=1S/2C10H16P.2FH/c2*1-11(2,3)9-10-7-5-4-6-8-10;;/h2*4-8H,9H2,1-3H3;2*1H/q2*+1;;/p-2. The quantitative estimate of drug-likeness (QED) is 0.673. The van der Waals surface area contributed by atoms with Crippen molar-refractivity contribution in [2.24, 2.45) is 0 Å². The van der Waals surface area contributed by atoms with E-state index in [1.807, 2.05) is 0 Å². The zero-order valence-electron chi connectivity index (χ0n) is 15.8. The van der Waals surface area contributed by atoms with Gasteiger partial charge in [0.15, 0.2) is 0 Å². The third kappa shape index (κ3) is 13.6. The lowest BCUT2D eigenvalue weighted by molar-refractivity contribution is -0.001000. The molecule has 2 rings (SSSR count). The summed E-state index contributed by atoms with van der Waals surface area (Å²) in [5.41, 5.74) is 2.96. The van der Waals surface area contributed by atoms with E-state index < -0.39 is 14.5 Å². The Morgan fingerprint density at radius 1 is 0.500 bits per heavy atom. The highest BCUT2D eigenvalue weighted by molar-refractivity contribution is 7.73. The van der Waals surface area contributed by atoms with Crippen molar-refractivity contribution in [1.29, 1.82) is 0 Å². The summed E-state index contributed by atoms with van der Waals surface area (Å²) in [6.45, 7) is 14.2. The van der Waals surface area contributed by atoms with Crippen molar-refractivity contribution in [2.45, 2.75) is 12.3 Å². The van der Waals surface area contributed by atoms with E-state index in [0.717, 1.165) is 0 Å². The predicted octanol–water partition coefficient (Wildman–Crippen LogP) is 0.195. The van der Waals surface area contributed by atoms with Gasteiger partial charge >= 0.3 is 0 Å². The lowest BCUT2D eigenvalue weighted by Gasteiger charge is -2.10. The second-order valence-corrected chi connectivity index (χ2v) is 17.7. The lowest BCUT2D eigenvalue weighted by atomic mass is 10.2. The molecule has 0 aromatic heterocycles. The van der Waals surface area contributed by atoms with Crippen LogP contribution in [-0.2, 0) is 12.3 Å². The fourth-order valence-corrected chi connectivity index (χ4v) is 4.87. The molecule has 0 nitrogen and oxygen atoms in total. The molecule has 0 bridgehead atoms. The first kappa shape index (κ1) is 25.4. The summed E-state index contributed by atoms with van der Waals surface area (Å²) in [4.78, 5) is 0. The van der Waals surface area contributed by atoms with Crippen LogP contribution in [0.25, 0.3) is 0 Å².